The fourth-order valence-electron chi connectivity index (χ4n) is 5.11. The van der Waals surface area contributed by atoms with E-state index in [1.165, 1.54) is 23.3 Å². The molecule has 2 unspecified atom stereocenters. The predicted octanol–water partition coefficient (Wildman–Crippen LogP) is 5.04. The lowest BCUT2D eigenvalue weighted by Crippen LogP contribution is -2.29. The number of hydrogen-bond donors (Lipinski definition) is 1. The number of aromatic nitrogens is 1. The van der Waals surface area contributed by atoms with Crippen LogP contribution in [-0.4, -0.2) is 48.1 Å². The molecule has 3 heterocycles. The van der Waals surface area contributed by atoms with Crippen molar-refractivity contribution in [1.29, 1.82) is 0 Å². The Morgan fingerprint density at radius 1 is 1.05 bits per heavy atom. The largest absolute Gasteiger partial charge is 0.507 e. The van der Waals surface area contributed by atoms with Gasteiger partial charge in [-0.3, -0.25) is 14.5 Å². The molecule has 2 atom stereocenters. The molecule has 9 nitrogen and oxygen atoms in total. The van der Waals surface area contributed by atoms with Crippen LogP contribution in [0.15, 0.2) is 66.2 Å². The minimum Gasteiger partial charge on any atom is -0.507 e. The third kappa shape index (κ3) is 4.17. The molecule has 0 saturated carbocycles. The van der Waals surface area contributed by atoms with Crippen molar-refractivity contribution in [3.8, 4) is 11.5 Å². The zero-order valence-corrected chi connectivity index (χ0v) is 22.7. The number of anilines is 1. The van der Waals surface area contributed by atoms with E-state index >= 15 is 0 Å². The van der Waals surface area contributed by atoms with Gasteiger partial charge in [0.15, 0.2) is 5.13 Å². The standard InChI is InChI=1S/C30H24N2O7S/c1-15-12-19-13-18(8-11-22(19)39-15)26(33)24-25(16-4-6-17(7-5-16)29(36)38-3)32(28(35)27(24)34)30-31-21-10-9-20(37-2)14-23(21)40-30/h4-11,13-15,25,33H,12H2,1-3H3/b26-24-. The lowest BCUT2D eigenvalue weighted by atomic mass is 9.94. The van der Waals surface area contributed by atoms with Crippen molar-refractivity contribution in [2.45, 2.75) is 25.5 Å². The number of carbonyl (C=O) groups excluding carboxylic acids is 3. The quantitative estimate of drug-likeness (QED) is 0.157. The van der Waals surface area contributed by atoms with E-state index in [4.69, 9.17) is 14.2 Å². The summed E-state index contributed by atoms with van der Waals surface area (Å²) in [6.45, 7) is 1.96. The number of benzene rings is 3. The number of amides is 1. The molecule has 1 fully saturated rings. The van der Waals surface area contributed by atoms with Crippen LogP contribution in [0.2, 0.25) is 0 Å². The zero-order valence-electron chi connectivity index (χ0n) is 21.8. The van der Waals surface area contributed by atoms with E-state index in [0.29, 0.717) is 39.5 Å². The summed E-state index contributed by atoms with van der Waals surface area (Å²) in [5, 5.41) is 11.8. The van der Waals surface area contributed by atoms with Gasteiger partial charge >= 0.3 is 11.9 Å². The Morgan fingerprint density at radius 3 is 2.52 bits per heavy atom. The van der Waals surface area contributed by atoms with E-state index in [2.05, 4.69) is 4.98 Å². The molecule has 1 amide bonds. The number of nitrogens with zero attached hydrogens (tertiary/aromatic N) is 2. The van der Waals surface area contributed by atoms with Crippen molar-refractivity contribution in [2.24, 2.45) is 0 Å². The molecule has 202 valence electrons. The molecule has 4 aromatic rings. The summed E-state index contributed by atoms with van der Waals surface area (Å²) < 4.78 is 16.7. The fourth-order valence-corrected chi connectivity index (χ4v) is 6.13. The van der Waals surface area contributed by atoms with E-state index in [1.807, 2.05) is 6.92 Å². The molecule has 1 N–H and O–H groups in total. The Balaban J connectivity index is 1.52. The van der Waals surface area contributed by atoms with Crippen LogP contribution < -0.4 is 14.4 Å². The number of esters is 1. The molecule has 2 aliphatic heterocycles. The second-order valence-corrected chi connectivity index (χ2v) is 10.6. The number of hydrogen-bond acceptors (Lipinski definition) is 9. The lowest BCUT2D eigenvalue weighted by Gasteiger charge is -2.23. The van der Waals surface area contributed by atoms with Crippen LogP contribution in [0.3, 0.4) is 0 Å². The summed E-state index contributed by atoms with van der Waals surface area (Å²) in [5.41, 5.74) is 2.70. The van der Waals surface area contributed by atoms with Gasteiger partial charge in [0.1, 0.15) is 23.4 Å². The van der Waals surface area contributed by atoms with Crippen LogP contribution in [0.1, 0.15) is 40.0 Å². The number of methoxy groups -OCH3 is 2. The highest BCUT2D eigenvalue weighted by molar-refractivity contribution is 7.22. The molecule has 1 saturated heterocycles. The maximum absolute atomic E-state index is 13.6. The monoisotopic (exact) mass is 556 g/mol. The van der Waals surface area contributed by atoms with E-state index in [9.17, 15) is 19.5 Å². The predicted molar refractivity (Wildman–Crippen MR) is 149 cm³/mol. The van der Waals surface area contributed by atoms with E-state index in [-0.39, 0.29) is 17.4 Å². The highest BCUT2D eigenvalue weighted by Crippen LogP contribution is 2.45. The van der Waals surface area contributed by atoms with Gasteiger partial charge in [0, 0.05) is 12.0 Å². The number of aliphatic hydroxyl groups excluding tert-OH is 1. The Morgan fingerprint density at radius 2 is 1.80 bits per heavy atom. The van der Waals surface area contributed by atoms with Gasteiger partial charge in [0.2, 0.25) is 0 Å². The molecule has 0 bridgehead atoms. The van der Waals surface area contributed by atoms with Gasteiger partial charge in [0.25, 0.3) is 5.78 Å². The highest BCUT2D eigenvalue weighted by Gasteiger charge is 2.48. The third-order valence-electron chi connectivity index (χ3n) is 7.05. The first-order valence-corrected chi connectivity index (χ1v) is 13.3. The number of carbonyl (C=O) groups is 3. The van der Waals surface area contributed by atoms with Crippen LogP contribution in [0.5, 0.6) is 11.5 Å². The van der Waals surface area contributed by atoms with Gasteiger partial charge in [-0.1, -0.05) is 23.5 Å². The number of fused-ring (bicyclic) bond motifs is 2. The maximum Gasteiger partial charge on any atom is 0.337 e. The minimum absolute atomic E-state index is 0.00367. The number of thiazole rings is 1. The maximum atomic E-state index is 13.6. The van der Waals surface area contributed by atoms with Crippen LogP contribution in [0, 0.1) is 0 Å². The highest BCUT2D eigenvalue weighted by atomic mass is 32.1. The SMILES string of the molecule is COC(=O)c1ccc(C2/C(=C(/O)c3ccc4c(c3)CC(C)O4)C(=O)C(=O)N2c2nc3ccc(OC)cc3s2)cc1. The summed E-state index contributed by atoms with van der Waals surface area (Å²) in [5.74, 6) is -1.10. The van der Waals surface area contributed by atoms with Gasteiger partial charge in [-0.05, 0) is 66.6 Å². The molecule has 2 aliphatic rings. The van der Waals surface area contributed by atoms with Crippen LogP contribution in [0.25, 0.3) is 16.0 Å². The average Bonchev–Trinajstić information content (AvgIpc) is 3.63. The zero-order chi connectivity index (χ0) is 28.1. The van der Waals surface area contributed by atoms with Gasteiger partial charge in [-0.2, -0.15) is 0 Å². The Bertz CT molecular complexity index is 1720. The third-order valence-corrected chi connectivity index (χ3v) is 8.07. The van der Waals surface area contributed by atoms with Crippen molar-refractivity contribution in [2.75, 3.05) is 19.1 Å². The van der Waals surface area contributed by atoms with E-state index < -0.39 is 23.7 Å². The smallest absolute Gasteiger partial charge is 0.337 e. The molecule has 40 heavy (non-hydrogen) atoms. The van der Waals surface area contributed by atoms with Crippen LogP contribution in [0.4, 0.5) is 5.13 Å². The van der Waals surface area contributed by atoms with E-state index in [0.717, 1.165) is 16.0 Å². The molecular formula is C30H24N2O7S. The van der Waals surface area contributed by atoms with Crippen molar-refractivity contribution >= 4 is 50.1 Å². The molecule has 0 radical (unpaired) electrons. The topological polar surface area (TPSA) is 115 Å². The van der Waals surface area contributed by atoms with Crippen molar-refractivity contribution in [3.05, 3.63) is 88.5 Å². The summed E-state index contributed by atoms with van der Waals surface area (Å²) in [6.07, 6.45) is 0.669. The molecule has 3 aromatic carbocycles. The summed E-state index contributed by atoms with van der Waals surface area (Å²) in [6, 6.07) is 15.9. The van der Waals surface area contributed by atoms with Gasteiger partial charge in [-0.15, -0.1) is 0 Å². The van der Waals surface area contributed by atoms with Gasteiger partial charge in [0.05, 0.1) is 41.6 Å². The molecule has 1 aromatic heterocycles. The number of ether oxygens (including phenoxy) is 3. The molecule has 0 aliphatic carbocycles. The van der Waals surface area contributed by atoms with Crippen LogP contribution in [-0.2, 0) is 20.7 Å². The number of ketones is 1. The van der Waals surface area contributed by atoms with Crippen molar-refractivity contribution in [1.82, 2.24) is 4.98 Å². The van der Waals surface area contributed by atoms with Crippen molar-refractivity contribution < 1.29 is 33.7 Å². The summed E-state index contributed by atoms with van der Waals surface area (Å²) >= 11 is 1.23. The number of rotatable bonds is 5. The molecule has 10 heteroatoms. The van der Waals surface area contributed by atoms with Gasteiger partial charge < -0.3 is 19.3 Å². The second-order valence-electron chi connectivity index (χ2n) is 9.57. The fraction of sp³-hybridized carbons (Fsp3) is 0.200. The normalized spacial score (nSPS) is 19.5. The second kappa shape index (κ2) is 9.80. The first kappa shape index (κ1) is 25.6. The number of Topliss-reactive ketones (excluding diaryl/α,β-unsaturated/α-hetero) is 1. The van der Waals surface area contributed by atoms with Crippen molar-refractivity contribution in [3.63, 3.8) is 0 Å². The average molecular weight is 557 g/mol. The number of aliphatic hydroxyl groups is 1. The Hall–Kier alpha value is -4.70. The molecule has 6 rings (SSSR count). The van der Waals surface area contributed by atoms with Crippen LogP contribution >= 0.6 is 11.3 Å². The van der Waals surface area contributed by atoms with Gasteiger partial charge in [-0.25, -0.2) is 9.78 Å². The lowest BCUT2D eigenvalue weighted by molar-refractivity contribution is -0.132. The Kier molecular flexibility index (Phi) is 6.26. The minimum atomic E-state index is -0.988. The first-order chi connectivity index (χ1) is 19.3. The summed E-state index contributed by atoms with van der Waals surface area (Å²) in [4.78, 5) is 45.1. The molecule has 0 spiro atoms. The summed E-state index contributed by atoms with van der Waals surface area (Å²) in [7, 11) is 2.85. The Labute approximate surface area is 233 Å². The first-order valence-electron chi connectivity index (χ1n) is 12.5. The molecular weight excluding hydrogens is 532 g/mol. The van der Waals surface area contributed by atoms with E-state index in [1.54, 1.807) is 67.8 Å².